The molecule has 1 heterocycles. The monoisotopic (exact) mass is 194 g/mol. The Morgan fingerprint density at radius 3 is 2.54 bits per heavy atom. The molecule has 0 saturated carbocycles. The number of carbonyl (C=O) groups is 1. The number of carbonyl (C=O) groups excluding carboxylic acids is 1. The summed E-state index contributed by atoms with van der Waals surface area (Å²) in [7, 11) is 0. The highest BCUT2D eigenvalue weighted by molar-refractivity contribution is 5.76. The SMILES string of the molecule is CC1(OC(=O)C(F)(F)F)C=CN=N1. The Balaban J connectivity index is 2.65. The Kier molecular flexibility index (Phi) is 2.10. The molecule has 0 radical (unpaired) electrons. The van der Waals surface area contributed by atoms with Gasteiger partial charge in [0.25, 0.3) is 0 Å². The van der Waals surface area contributed by atoms with Gasteiger partial charge in [0.2, 0.25) is 5.72 Å². The fourth-order valence-corrected chi connectivity index (χ4v) is 0.653. The van der Waals surface area contributed by atoms with Crippen molar-refractivity contribution in [3.8, 4) is 0 Å². The average molecular weight is 194 g/mol. The summed E-state index contributed by atoms with van der Waals surface area (Å²) in [5, 5.41) is 6.56. The van der Waals surface area contributed by atoms with Gasteiger partial charge in [-0.1, -0.05) is 0 Å². The Morgan fingerprint density at radius 1 is 1.54 bits per heavy atom. The van der Waals surface area contributed by atoms with E-state index >= 15 is 0 Å². The molecule has 1 aliphatic rings. The van der Waals surface area contributed by atoms with Crippen LogP contribution in [0.3, 0.4) is 0 Å². The van der Waals surface area contributed by atoms with Crippen molar-refractivity contribution in [3.05, 3.63) is 12.3 Å². The Labute approximate surface area is 71.1 Å². The normalized spacial score (nSPS) is 26.5. The molecule has 0 saturated heterocycles. The van der Waals surface area contributed by atoms with Crippen LogP contribution in [0, 0.1) is 0 Å². The molecule has 1 unspecified atom stereocenters. The lowest BCUT2D eigenvalue weighted by atomic mass is 10.3. The molecule has 0 aromatic rings. The molecular formula is C6H5F3N2O2. The average Bonchev–Trinajstić information content (AvgIpc) is 2.33. The quantitative estimate of drug-likeness (QED) is 0.597. The summed E-state index contributed by atoms with van der Waals surface area (Å²) >= 11 is 0. The lowest BCUT2D eigenvalue weighted by molar-refractivity contribution is -0.208. The zero-order valence-electron chi connectivity index (χ0n) is 6.50. The zero-order valence-corrected chi connectivity index (χ0v) is 6.50. The summed E-state index contributed by atoms with van der Waals surface area (Å²) in [6, 6.07) is 0. The molecule has 0 N–H and O–H groups in total. The molecule has 1 rings (SSSR count). The van der Waals surface area contributed by atoms with Gasteiger partial charge in [0.05, 0.1) is 6.20 Å². The van der Waals surface area contributed by atoms with Gasteiger partial charge in [-0.2, -0.15) is 18.3 Å². The lowest BCUT2D eigenvalue weighted by Crippen LogP contribution is -2.34. The molecular weight excluding hydrogens is 189 g/mol. The number of halogens is 3. The lowest BCUT2D eigenvalue weighted by Gasteiger charge is -2.17. The van der Waals surface area contributed by atoms with Crippen molar-refractivity contribution in [3.63, 3.8) is 0 Å². The van der Waals surface area contributed by atoms with Crippen LogP contribution in [-0.4, -0.2) is 17.9 Å². The van der Waals surface area contributed by atoms with Crippen molar-refractivity contribution in [2.45, 2.75) is 18.8 Å². The summed E-state index contributed by atoms with van der Waals surface area (Å²) < 4.78 is 39.2. The minimum Gasteiger partial charge on any atom is -0.425 e. The first-order valence-electron chi connectivity index (χ1n) is 3.23. The van der Waals surface area contributed by atoms with E-state index in [1.165, 1.54) is 6.92 Å². The van der Waals surface area contributed by atoms with Crippen LogP contribution in [0.4, 0.5) is 13.2 Å². The first kappa shape index (κ1) is 9.69. The summed E-state index contributed by atoms with van der Waals surface area (Å²) in [4.78, 5) is 10.3. The number of hydrogen-bond acceptors (Lipinski definition) is 4. The van der Waals surface area contributed by atoms with Gasteiger partial charge in [0, 0.05) is 13.0 Å². The van der Waals surface area contributed by atoms with E-state index in [-0.39, 0.29) is 0 Å². The number of rotatable bonds is 1. The number of ether oxygens (including phenoxy) is 1. The molecule has 0 aromatic heterocycles. The van der Waals surface area contributed by atoms with Gasteiger partial charge < -0.3 is 4.74 Å². The summed E-state index contributed by atoms with van der Waals surface area (Å²) in [5.74, 6) is -2.28. The van der Waals surface area contributed by atoms with E-state index in [4.69, 9.17) is 0 Å². The molecule has 0 spiro atoms. The standard InChI is InChI=1S/C6H5F3N2O2/c1-5(2-3-10-11-5)13-4(12)6(7,8)9/h2-3H,1H3. The van der Waals surface area contributed by atoms with Crippen molar-refractivity contribution in [1.82, 2.24) is 0 Å². The number of esters is 1. The molecule has 72 valence electrons. The van der Waals surface area contributed by atoms with E-state index in [1.54, 1.807) is 0 Å². The van der Waals surface area contributed by atoms with E-state index in [0.717, 1.165) is 12.3 Å². The van der Waals surface area contributed by atoms with Gasteiger partial charge in [-0.15, -0.1) is 5.11 Å². The third-order valence-corrected chi connectivity index (χ3v) is 1.24. The molecule has 0 aromatic carbocycles. The number of azo groups is 1. The fourth-order valence-electron chi connectivity index (χ4n) is 0.653. The number of alkyl halides is 3. The summed E-state index contributed by atoms with van der Waals surface area (Å²) in [5.41, 5.74) is -1.62. The maximum Gasteiger partial charge on any atom is 0.491 e. The highest BCUT2D eigenvalue weighted by Crippen LogP contribution is 2.25. The van der Waals surface area contributed by atoms with Gasteiger partial charge >= 0.3 is 12.1 Å². The van der Waals surface area contributed by atoms with Crippen LogP contribution < -0.4 is 0 Å². The fraction of sp³-hybridized carbons (Fsp3) is 0.500. The van der Waals surface area contributed by atoms with Gasteiger partial charge in [-0.05, 0) is 0 Å². The van der Waals surface area contributed by atoms with Gasteiger partial charge in [0.15, 0.2) is 0 Å². The molecule has 1 atom stereocenters. The molecule has 1 aliphatic heterocycles. The first-order chi connectivity index (χ1) is 5.83. The Hall–Kier alpha value is -1.40. The van der Waals surface area contributed by atoms with Crippen molar-refractivity contribution < 1.29 is 22.7 Å². The highest BCUT2D eigenvalue weighted by Gasteiger charge is 2.45. The largest absolute Gasteiger partial charge is 0.491 e. The zero-order chi connectivity index (χ0) is 10.1. The van der Waals surface area contributed by atoms with Gasteiger partial charge in [-0.25, -0.2) is 4.79 Å². The van der Waals surface area contributed by atoms with Crippen LogP contribution in [0.2, 0.25) is 0 Å². The van der Waals surface area contributed by atoms with Crippen LogP contribution in [0.25, 0.3) is 0 Å². The van der Waals surface area contributed by atoms with Crippen LogP contribution in [0.1, 0.15) is 6.92 Å². The summed E-state index contributed by atoms with van der Waals surface area (Å²) in [6.45, 7) is 1.20. The molecule has 0 aliphatic carbocycles. The third kappa shape index (κ3) is 2.27. The van der Waals surface area contributed by atoms with Crippen LogP contribution in [0.15, 0.2) is 22.5 Å². The van der Waals surface area contributed by atoms with E-state index in [1.807, 2.05) is 0 Å². The Morgan fingerprint density at radius 2 is 2.15 bits per heavy atom. The van der Waals surface area contributed by atoms with E-state index < -0.39 is 17.9 Å². The maximum atomic E-state index is 11.7. The van der Waals surface area contributed by atoms with Crippen molar-refractivity contribution in [1.29, 1.82) is 0 Å². The van der Waals surface area contributed by atoms with Crippen molar-refractivity contribution >= 4 is 5.97 Å². The second-order valence-corrected chi connectivity index (χ2v) is 2.47. The molecule has 7 heteroatoms. The minimum absolute atomic E-state index is 1.15. The van der Waals surface area contributed by atoms with E-state index in [2.05, 4.69) is 15.0 Å². The second-order valence-electron chi connectivity index (χ2n) is 2.47. The van der Waals surface area contributed by atoms with Crippen LogP contribution >= 0.6 is 0 Å². The third-order valence-electron chi connectivity index (χ3n) is 1.24. The predicted molar refractivity (Wildman–Crippen MR) is 34.5 cm³/mol. The van der Waals surface area contributed by atoms with Gasteiger partial charge in [0.1, 0.15) is 0 Å². The van der Waals surface area contributed by atoms with E-state index in [0.29, 0.717) is 0 Å². The second kappa shape index (κ2) is 2.82. The number of nitrogens with zero attached hydrogens (tertiary/aromatic N) is 2. The van der Waals surface area contributed by atoms with Crippen molar-refractivity contribution in [2.24, 2.45) is 10.2 Å². The molecule has 0 bridgehead atoms. The van der Waals surface area contributed by atoms with Crippen molar-refractivity contribution in [2.75, 3.05) is 0 Å². The van der Waals surface area contributed by atoms with Gasteiger partial charge in [-0.3, -0.25) is 0 Å². The first-order valence-corrected chi connectivity index (χ1v) is 3.23. The highest BCUT2D eigenvalue weighted by atomic mass is 19.4. The molecule has 0 amide bonds. The number of hydrogen-bond donors (Lipinski definition) is 0. The topological polar surface area (TPSA) is 51.0 Å². The summed E-state index contributed by atoms with van der Waals surface area (Å²) in [6.07, 6.45) is -2.70. The van der Waals surface area contributed by atoms with Crippen LogP contribution in [-0.2, 0) is 9.53 Å². The predicted octanol–water partition coefficient (Wildman–Crippen LogP) is 1.79. The maximum absolute atomic E-state index is 11.7. The van der Waals surface area contributed by atoms with E-state index in [9.17, 15) is 18.0 Å². The molecule has 13 heavy (non-hydrogen) atoms. The van der Waals surface area contributed by atoms with Crippen LogP contribution in [0.5, 0.6) is 0 Å². The Bertz CT molecular complexity index is 270. The molecule has 0 fully saturated rings. The molecule has 4 nitrogen and oxygen atoms in total. The minimum atomic E-state index is -5.00. The smallest absolute Gasteiger partial charge is 0.425 e.